The molecule has 0 aromatic heterocycles. The van der Waals surface area contributed by atoms with Crippen molar-refractivity contribution in [2.45, 2.75) is 44.3 Å². The average molecular weight is 307 g/mol. The minimum absolute atomic E-state index is 0.0922. The third kappa shape index (κ3) is 3.78. The van der Waals surface area contributed by atoms with Crippen LogP contribution in [0.25, 0.3) is 0 Å². The first-order valence-electron chi connectivity index (χ1n) is 7.91. The van der Waals surface area contributed by atoms with Gasteiger partial charge in [-0.15, -0.1) is 11.6 Å². The molecule has 1 aliphatic carbocycles. The van der Waals surface area contributed by atoms with Crippen molar-refractivity contribution < 1.29 is 4.79 Å². The number of alkyl halides is 1. The van der Waals surface area contributed by atoms with Crippen molar-refractivity contribution in [3.05, 3.63) is 35.9 Å². The predicted octanol–water partition coefficient (Wildman–Crippen LogP) is 2.88. The molecule has 1 heterocycles. The highest BCUT2D eigenvalue weighted by atomic mass is 35.5. The van der Waals surface area contributed by atoms with Gasteiger partial charge in [0, 0.05) is 31.7 Å². The average Bonchev–Trinajstić information content (AvgIpc) is 3.27. The normalized spacial score (nSPS) is 22.0. The van der Waals surface area contributed by atoms with Crippen LogP contribution in [0, 0.1) is 0 Å². The first kappa shape index (κ1) is 14.9. The Labute approximate surface area is 131 Å². The monoisotopic (exact) mass is 306 g/mol. The number of rotatable bonds is 6. The lowest BCUT2D eigenvalue weighted by molar-refractivity contribution is -0.129. The maximum absolute atomic E-state index is 11.9. The van der Waals surface area contributed by atoms with Crippen LogP contribution in [-0.2, 0) is 11.3 Å². The fraction of sp³-hybridized carbons (Fsp3) is 0.588. The van der Waals surface area contributed by atoms with Crippen molar-refractivity contribution in [1.82, 2.24) is 9.80 Å². The summed E-state index contributed by atoms with van der Waals surface area (Å²) in [6.07, 6.45) is 4.81. The van der Waals surface area contributed by atoms with Crippen LogP contribution in [0.2, 0.25) is 0 Å². The fourth-order valence-corrected chi connectivity index (χ4v) is 3.46. The quantitative estimate of drug-likeness (QED) is 0.755. The molecule has 1 unspecified atom stereocenters. The minimum atomic E-state index is 0.0922. The van der Waals surface area contributed by atoms with E-state index in [9.17, 15) is 4.79 Å². The summed E-state index contributed by atoms with van der Waals surface area (Å²) >= 11 is 5.73. The summed E-state index contributed by atoms with van der Waals surface area (Å²) in [5.41, 5.74) is 1.36. The fourth-order valence-electron chi connectivity index (χ4n) is 3.30. The SMILES string of the molecule is O=C(CCl)N1CCCC1CN(Cc1ccccc1)C1CC1. The Hall–Kier alpha value is -1.06. The molecule has 1 aromatic rings. The van der Waals surface area contributed by atoms with Crippen LogP contribution in [0.1, 0.15) is 31.2 Å². The standard InChI is InChI=1S/C17H23ClN2O/c18-11-17(21)20-10-4-7-16(20)13-19(15-8-9-15)12-14-5-2-1-3-6-14/h1-3,5-6,15-16H,4,7-13H2. The Morgan fingerprint density at radius 2 is 2.00 bits per heavy atom. The van der Waals surface area contributed by atoms with E-state index in [1.54, 1.807) is 0 Å². The summed E-state index contributed by atoms with van der Waals surface area (Å²) < 4.78 is 0. The van der Waals surface area contributed by atoms with Gasteiger partial charge in [0.05, 0.1) is 0 Å². The van der Waals surface area contributed by atoms with Crippen molar-refractivity contribution in [2.75, 3.05) is 19.0 Å². The number of carbonyl (C=O) groups is 1. The molecule has 0 N–H and O–H groups in total. The lowest BCUT2D eigenvalue weighted by Crippen LogP contribution is -2.44. The van der Waals surface area contributed by atoms with Crippen molar-refractivity contribution in [2.24, 2.45) is 0 Å². The highest BCUT2D eigenvalue weighted by Crippen LogP contribution is 2.30. The van der Waals surface area contributed by atoms with Gasteiger partial charge in [-0.1, -0.05) is 30.3 Å². The summed E-state index contributed by atoms with van der Waals surface area (Å²) in [5.74, 6) is 0.202. The minimum Gasteiger partial charge on any atom is -0.337 e. The van der Waals surface area contributed by atoms with Crippen molar-refractivity contribution >= 4 is 17.5 Å². The lowest BCUT2D eigenvalue weighted by Gasteiger charge is -2.30. The van der Waals surface area contributed by atoms with Gasteiger partial charge in [-0.25, -0.2) is 0 Å². The molecule has 1 atom stereocenters. The van der Waals surface area contributed by atoms with Gasteiger partial charge in [-0.05, 0) is 31.2 Å². The Bertz CT molecular complexity index is 475. The molecule has 0 bridgehead atoms. The maximum atomic E-state index is 11.9. The zero-order valence-corrected chi connectivity index (χ0v) is 13.1. The van der Waals surface area contributed by atoms with E-state index >= 15 is 0 Å². The predicted molar refractivity (Wildman–Crippen MR) is 85.3 cm³/mol. The summed E-state index contributed by atoms with van der Waals surface area (Å²) in [7, 11) is 0. The number of carbonyl (C=O) groups excluding carboxylic acids is 1. The van der Waals surface area contributed by atoms with Gasteiger partial charge in [0.25, 0.3) is 0 Å². The van der Waals surface area contributed by atoms with Crippen LogP contribution in [0.3, 0.4) is 0 Å². The Morgan fingerprint density at radius 1 is 1.24 bits per heavy atom. The van der Waals surface area contributed by atoms with Gasteiger partial charge in [-0.3, -0.25) is 9.69 Å². The number of hydrogen-bond acceptors (Lipinski definition) is 2. The molecular weight excluding hydrogens is 284 g/mol. The third-order valence-electron chi connectivity index (χ3n) is 4.55. The summed E-state index contributed by atoms with van der Waals surface area (Å²) in [5, 5.41) is 0. The van der Waals surface area contributed by atoms with Crippen molar-refractivity contribution in [3.63, 3.8) is 0 Å². The Morgan fingerprint density at radius 3 is 2.67 bits per heavy atom. The molecule has 1 aromatic carbocycles. The van der Waals surface area contributed by atoms with Crippen LogP contribution in [0.4, 0.5) is 0 Å². The number of hydrogen-bond donors (Lipinski definition) is 0. The van der Waals surface area contributed by atoms with Crippen LogP contribution in [0.15, 0.2) is 30.3 Å². The van der Waals surface area contributed by atoms with E-state index in [-0.39, 0.29) is 11.8 Å². The Kier molecular flexibility index (Phi) is 4.81. The Balaban J connectivity index is 1.64. The van der Waals surface area contributed by atoms with Crippen LogP contribution >= 0.6 is 11.6 Å². The van der Waals surface area contributed by atoms with E-state index in [0.717, 1.165) is 32.5 Å². The number of benzene rings is 1. The van der Waals surface area contributed by atoms with E-state index in [1.165, 1.54) is 18.4 Å². The molecule has 0 spiro atoms. The second-order valence-corrected chi connectivity index (χ2v) is 6.43. The number of halogens is 1. The molecule has 114 valence electrons. The molecule has 3 rings (SSSR count). The van der Waals surface area contributed by atoms with Gasteiger partial charge < -0.3 is 4.90 Å². The summed E-state index contributed by atoms with van der Waals surface area (Å²) in [6, 6.07) is 11.7. The second kappa shape index (κ2) is 6.80. The van der Waals surface area contributed by atoms with E-state index in [1.807, 2.05) is 4.90 Å². The molecular formula is C17H23ClN2O. The first-order valence-corrected chi connectivity index (χ1v) is 8.45. The highest BCUT2D eigenvalue weighted by molar-refractivity contribution is 6.27. The van der Waals surface area contributed by atoms with Crippen LogP contribution < -0.4 is 0 Å². The van der Waals surface area contributed by atoms with Gasteiger partial charge in [0.2, 0.25) is 5.91 Å². The molecule has 0 radical (unpaired) electrons. The maximum Gasteiger partial charge on any atom is 0.237 e. The van der Waals surface area contributed by atoms with Gasteiger partial charge in [0.15, 0.2) is 0 Å². The largest absolute Gasteiger partial charge is 0.337 e. The molecule has 1 saturated carbocycles. The third-order valence-corrected chi connectivity index (χ3v) is 4.78. The van der Waals surface area contributed by atoms with Gasteiger partial charge in [-0.2, -0.15) is 0 Å². The van der Waals surface area contributed by atoms with Gasteiger partial charge in [0.1, 0.15) is 5.88 Å². The summed E-state index contributed by atoms with van der Waals surface area (Å²) in [6.45, 7) is 2.85. The second-order valence-electron chi connectivity index (χ2n) is 6.16. The molecule has 21 heavy (non-hydrogen) atoms. The molecule has 1 amide bonds. The first-order chi connectivity index (χ1) is 10.3. The molecule has 4 heteroatoms. The van der Waals surface area contributed by atoms with Gasteiger partial charge >= 0.3 is 0 Å². The molecule has 1 saturated heterocycles. The number of nitrogens with zero attached hydrogens (tertiary/aromatic N) is 2. The number of likely N-dealkylation sites (tertiary alicyclic amines) is 1. The highest BCUT2D eigenvalue weighted by Gasteiger charge is 2.35. The van der Waals surface area contributed by atoms with Crippen LogP contribution in [-0.4, -0.2) is 46.8 Å². The van der Waals surface area contributed by atoms with E-state index in [2.05, 4.69) is 35.2 Å². The van der Waals surface area contributed by atoms with Crippen molar-refractivity contribution in [1.29, 1.82) is 0 Å². The lowest BCUT2D eigenvalue weighted by atomic mass is 10.1. The molecule has 2 fully saturated rings. The molecule has 2 aliphatic rings. The topological polar surface area (TPSA) is 23.6 Å². The van der Waals surface area contributed by atoms with Crippen molar-refractivity contribution in [3.8, 4) is 0 Å². The van der Waals surface area contributed by atoms with E-state index in [4.69, 9.17) is 11.6 Å². The van der Waals surface area contributed by atoms with E-state index < -0.39 is 0 Å². The molecule has 1 aliphatic heterocycles. The number of amides is 1. The van der Waals surface area contributed by atoms with E-state index in [0.29, 0.717) is 12.1 Å². The zero-order chi connectivity index (χ0) is 14.7. The zero-order valence-electron chi connectivity index (χ0n) is 12.4. The molecule has 3 nitrogen and oxygen atoms in total. The smallest absolute Gasteiger partial charge is 0.237 e. The van der Waals surface area contributed by atoms with Crippen LogP contribution in [0.5, 0.6) is 0 Å². The summed E-state index contributed by atoms with van der Waals surface area (Å²) in [4.78, 5) is 16.5.